The molecule has 122 valence electrons. The fourth-order valence-corrected chi connectivity index (χ4v) is 2.70. The molecule has 0 heterocycles. The summed E-state index contributed by atoms with van der Waals surface area (Å²) in [4.78, 5) is 0. The molecule has 0 aromatic heterocycles. The first-order valence-electron chi connectivity index (χ1n) is 8.67. The number of hydrogen-bond donors (Lipinski definition) is 1. The third kappa shape index (κ3) is 16.5. The van der Waals surface area contributed by atoms with E-state index >= 15 is 0 Å². The van der Waals surface area contributed by atoms with Crippen LogP contribution in [0.5, 0.6) is 0 Å². The quantitative estimate of drug-likeness (QED) is 0.216. The maximum absolute atomic E-state index is 9.68. The maximum atomic E-state index is 9.68. The lowest BCUT2D eigenvalue weighted by Gasteiger charge is -2.11. The van der Waals surface area contributed by atoms with E-state index in [1.807, 2.05) is 0 Å². The van der Waals surface area contributed by atoms with Gasteiger partial charge in [0.1, 0.15) is 0 Å². The van der Waals surface area contributed by atoms with Crippen molar-refractivity contribution in [2.24, 2.45) is 0 Å². The number of alkyl halides is 1. The Balaban J connectivity index is 3.09. The summed E-state index contributed by atoms with van der Waals surface area (Å²) >= 11 is 3.46. The monoisotopic (exact) mass is 350 g/mol. The highest BCUT2D eigenvalue weighted by Crippen LogP contribution is 2.10. The zero-order chi connectivity index (χ0) is 14.9. The van der Waals surface area contributed by atoms with Gasteiger partial charge in [0.2, 0.25) is 0 Å². The summed E-state index contributed by atoms with van der Waals surface area (Å²) < 4.78 is 5.44. The third-order valence-corrected chi connectivity index (χ3v) is 4.20. The van der Waals surface area contributed by atoms with Crippen molar-refractivity contribution < 1.29 is 9.84 Å². The summed E-state index contributed by atoms with van der Waals surface area (Å²) in [5.74, 6) is 0. The first kappa shape index (κ1) is 20.4. The Morgan fingerprint density at radius 2 is 1.35 bits per heavy atom. The standard InChI is InChI=1S/C17H35BrO2/c1-2-3-4-8-11-14-17(19)20-16-13-10-7-5-6-9-12-15-18/h17,19H,2-16H2,1H3. The molecule has 20 heavy (non-hydrogen) atoms. The molecule has 0 aliphatic carbocycles. The molecule has 1 atom stereocenters. The minimum Gasteiger partial charge on any atom is -0.368 e. The van der Waals surface area contributed by atoms with Crippen LogP contribution >= 0.6 is 15.9 Å². The lowest BCUT2D eigenvalue weighted by atomic mass is 10.1. The average molecular weight is 351 g/mol. The zero-order valence-electron chi connectivity index (χ0n) is 13.4. The Labute approximate surface area is 134 Å². The Morgan fingerprint density at radius 3 is 2.00 bits per heavy atom. The van der Waals surface area contributed by atoms with Crippen molar-refractivity contribution in [2.75, 3.05) is 11.9 Å². The number of halogens is 1. The van der Waals surface area contributed by atoms with Crippen LogP contribution in [-0.2, 0) is 4.74 Å². The number of aliphatic hydroxyl groups is 1. The second kappa shape index (κ2) is 17.5. The van der Waals surface area contributed by atoms with Crippen LogP contribution in [0, 0.1) is 0 Å². The molecule has 0 rings (SSSR count). The van der Waals surface area contributed by atoms with Crippen LogP contribution in [-0.4, -0.2) is 23.3 Å². The van der Waals surface area contributed by atoms with Crippen molar-refractivity contribution in [3.8, 4) is 0 Å². The van der Waals surface area contributed by atoms with E-state index in [9.17, 15) is 5.11 Å². The largest absolute Gasteiger partial charge is 0.368 e. The molecule has 0 saturated carbocycles. The second-order valence-electron chi connectivity index (χ2n) is 5.69. The van der Waals surface area contributed by atoms with E-state index in [0.29, 0.717) is 0 Å². The van der Waals surface area contributed by atoms with Gasteiger partial charge >= 0.3 is 0 Å². The Kier molecular flexibility index (Phi) is 17.8. The number of aliphatic hydroxyl groups excluding tert-OH is 1. The topological polar surface area (TPSA) is 29.5 Å². The normalized spacial score (nSPS) is 12.8. The molecule has 0 bridgehead atoms. The first-order chi connectivity index (χ1) is 9.81. The molecule has 0 amide bonds. The van der Waals surface area contributed by atoms with Gasteiger partial charge in [-0.1, -0.05) is 80.6 Å². The van der Waals surface area contributed by atoms with Crippen LogP contribution in [0.2, 0.25) is 0 Å². The highest BCUT2D eigenvalue weighted by Gasteiger charge is 2.03. The molecule has 0 aliphatic rings. The Hall–Kier alpha value is 0.400. The fraction of sp³-hybridized carbons (Fsp3) is 1.00. The second-order valence-corrected chi connectivity index (χ2v) is 6.49. The fourth-order valence-electron chi connectivity index (χ4n) is 2.31. The molecule has 0 aromatic carbocycles. The van der Waals surface area contributed by atoms with Gasteiger partial charge in [-0.2, -0.15) is 0 Å². The van der Waals surface area contributed by atoms with Crippen molar-refractivity contribution in [2.45, 2.75) is 96.7 Å². The van der Waals surface area contributed by atoms with Crippen LogP contribution < -0.4 is 0 Å². The third-order valence-electron chi connectivity index (χ3n) is 3.64. The van der Waals surface area contributed by atoms with Gasteiger partial charge < -0.3 is 9.84 Å². The van der Waals surface area contributed by atoms with Crippen LogP contribution in [0.25, 0.3) is 0 Å². The van der Waals surface area contributed by atoms with Gasteiger partial charge in [-0.25, -0.2) is 0 Å². The molecule has 0 fully saturated rings. The van der Waals surface area contributed by atoms with E-state index in [1.54, 1.807) is 0 Å². The van der Waals surface area contributed by atoms with Gasteiger partial charge in [0.15, 0.2) is 6.29 Å². The SMILES string of the molecule is CCCCCCCC(O)OCCCCCCCCCBr. The highest BCUT2D eigenvalue weighted by atomic mass is 79.9. The molecule has 0 saturated heterocycles. The average Bonchev–Trinajstić information content (AvgIpc) is 2.45. The van der Waals surface area contributed by atoms with Gasteiger partial charge in [0.05, 0.1) is 0 Å². The van der Waals surface area contributed by atoms with Gasteiger partial charge in [-0.05, 0) is 25.7 Å². The summed E-state index contributed by atoms with van der Waals surface area (Å²) in [6.45, 7) is 2.94. The number of ether oxygens (including phenoxy) is 1. The van der Waals surface area contributed by atoms with Crippen molar-refractivity contribution in [3.63, 3.8) is 0 Å². The van der Waals surface area contributed by atoms with E-state index in [-0.39, 0.29) is 0 Å². The number of rotatable bonds is 16. The predicted molar refractivity (Wildman–Crippen MR) is 91.4 cm³/mol. The first-order valence-corrected chi connectivity index (χ1v) is 9.79. The van der Waals surface area contributed by atoms with Crippen molar-refractivity contribution >= 4 is 15.9 Å². The van der Waals surface area contributed by atoms with Crippen LogP contribution in [0.3, 0.4) is 0 Å². The molecule has 0 spiro atoms. The lowest BCUT2D eigenvalue weighted by Crippen LogP contribution is -2.12. The lowest BCUT2D eigenvalue weighted by molar-refractivity contribution is -0.105. The van der Waals surface area contributed by atoms with Crippen molar-refractivity contribution in [1.82, 2.24) is 0 Å². The summed E-state index contributed by atoms with van der Waals surface area (Å²) in [6.07, 6.45) is 15.4. The summed E-state index contributed by atoms with van der Waals surface area (Å²) in [6, 6.07) is 0. The molecular formula is C17H35BrO2. The van der Waals surface area contributed by atoms with Gasteiger partial charge in [0, 0.05) is 11.9 Å². The summed E-state index contributed by atoms with van der Waals surface area (Å²) in [7, 11) is 0. The van der Waals surface area contributed by atoms with E-state index in [0.717, 1.165) is 31.2 Å². The van der Waals surface area contributed by atoms with Crippen molar-refractivity contribution in [1.29, 1.82) is 0 Å². The predicted octanol–water partition coefficient (Wildman–Crippen LogP) is 5.81. The minimum atomic E-state index is -0.532. The molecule has 0 radical (unpaired) electrons. The van der Waals surface area contributed by atoms with E-state index in [1.165, 1.54) is 64.2 Å². The maximum Gasteiger partial charge on any atom is 0.154 e. The van der Waals surface area contributed by atoms with Gasteiger partial charge in [0.25, 0.3) is 0 Å². The summed E-state index contributed by atoms with van der Waals surface area (Å²) in [5.41, 5.74) is 0. The molecule has 3 heteroatoms. The molecular weight excluding hydrogens is 316 g/mol. The molecule has 0 aromatic rings. The summed E-state index contributed by atoms with van der Waals surface area (Å²) in [5, 5.41) is 10.8. The Morgan fingerprint density at radius 1 is 0.800 bits per heavy atom. The van der Waals surface area contributed by atoms with Gasteiger partial charge in [-0.3, -0.25) is 0 Å². The van der Waals surface area contributed by atoms with Crippen LogP contribution in [0.4, 0.5) is 0 Å². The van der Waals surface area contributed by atoms with Crippen LogP contribution in [0.1, 0.15) is 90.4 Å². The molecule has 0 aliphatic heterocycles. The molecule has 1 N–H and O–H groups in total. The van der Waals surface area contributed by atoms with E-state index in [2.05, 4.69) is 22.9 Å². The van der Waals surface area contributed by atoms with E-state index in [4.69, 9.17) is 4.74 Å². The minimum absolute atomic E-state index is 0.532. The van der Waals surface area contributed by atoms with Gasteiger partial charge in [-0.15, -0.1) is 0 Å². The smallest absolute Gasteiger partial charge is 0.154 e. The molecule has 1 unspecified atom stereocenters. The number of unbranched alkanes of at least 4 members (excludes halogenated alkanes) is 10. The number of hydrogen-bond acceptors (Lipinski definition) is 2. The van der Waals surface area contributed by atoms with Crippen LogP contribution in [0.15, 0.2) is 0 Å². The van der Waals surface area contributed by atoms with Crippen molar-refractivity contribution in [3.05, 3.63) is 0 Å². The Bertz CT molecular complexity index is 176. The highest BCUT2D eigenvalue weighted by molar-refractivity contribution is 9.09. The molecule has 2 nitrogen and oxygen atoms in total. The zero-order valence-corrected chi connectivity index (χ0v) is 15.0. The van der Waals surface area contributed by atoms with E-state index < -0.39 is 6.29 Å².